The quantitative estimate of drug-likeness (QED) is 0.444. The second-order valence-corrected chi connectivity index (χ2v) is 3.21. The van der Waals surface area contributed by atoms with Gasteiger partial charge in [-0.15, -0.1) is 0 Å². The Morgan fingerprint density at radius 1 is 1.10 bits per heavy atom. The summed E-state index contributed by atoms with van der Waals surface area (Å²) in [6, 6.07) is 0.764. The molecule has 0 atom stereocenters. The van der Waals surface area contributed by atoms with E-state index in [0.29, 0.717) is 0 Å². The number of quaternary nitrogens is 1. The van der Waals surface area contributed by atoms with E-state index in [-0.39, 0.29) is 24.0 Å². The van der Waals surface area contributed by atoms with E-state index in [2.05, 4.69) is 34.7 Å². The van der Waals surface area contributed by atoms with E-state index in [4.69, 9.17) is 0 Å². The molecule has 0 aliphatic carbocycles. The molecule has 0 aliphatic heterocycles. The van der Waals surface area contributed by atoms with Crippen molar-refractivity contribution in [2.24, 2.45) is 0 Å². The van der Waals surface area contributed by atoms with Crippen LogP contribution in [0.4, 0.5) is 0 Å². The highest BCUT2D eigenvalue weighted by molar-refractivity contribution is 4.39. The Bertz CT molecular complexity index is 77.3. The summed E-state index contributed by atoms with van der Waals surface area (Å²) in [5, 5.41) is 0. The van der Waals surface area contributed by atoms with Crippen molar-refractivity contribution in [3.8, 4) is 0 Å². The van der Waals surface area contributed by atoms with E-state index in [1.807, 2.05) is 0 Å². The highest BCUT2D eigenvalue weighted by Crippen LogP contribution is 2.07. The lowest BCUT2D eigenvalue weighted by molar-refractivity contribution is -0.926. The van der Waals surface area contributed by atoms with Crippen LogP contribution < -0.4 is 24.0 Å². The van der Waals surface area contributed by atoms with Crippen molar-refractivity contribution in [2.75, 3.05) is 20.1 Å². The van der Waals surface area contributed by atoms with Crippen LogP contribution in [0.1, 0.15) is 27.7 Å². The smallest absolute Gasteiger partial charge is 0.0831 e. The second-order valence-electron chi connectivity index (χ2n) is 3.21. The molecule has 0 saturated heterocycles. The van der Waals surface area contributed by atoms with Crippen LogP contribution in [-0.4, -0.2) is 30.7 Å². The molecule has 0 spiro atoms. The van der Waals surface area contributed by atoms with Gasteiger partial charge in [-0.05, 0) is 27.7 Å². The van der Waals surface area contributed by atoms with Gasteiger partial charge in [-0.3, -0.25) is 0 Å². The molecule has 0 N–H and O–H groups in total. The van der Waals surface area contributed by atoms with Crippen molar-refractivity contribution in [2.45, 2.75) is 33.7 Å². The van der Waals surface area contributed by atoms with Gasteiger partial charge >= 0.3 is 0 Å². The fraction of sp³-hybridized carbons (Fsp3) is 1.00. The molecular weight excluding hydrogens is 237 g/mol. The van der Waals surface area contributed by atoms with Gasteiger partial charge in [-0.25, -0.2) is 0 Å². The lowest BCUT2D eigenvalue weighted by Gasteiger charge is -2.36. The first-order chi connectivity index (χ1) is 4.06. The van der Waals surface area contributed by atoms with Crippen LogP contribution in [0.3, 0.4) is 0 Å². The molecule has 2 heteroatoms. The largest absolute Gasteiger partial charge is 1.00 e. The first-order valence-electron chi connectivity index (χ1n) is 3.91. The predicted octanol–water partition coefficient (Wildman–Crippen LogP) is -1.11. The van der Waals surface area contributed by atoms with Crippen molar-refractivity contribution in [3.63, 3.8) is 0 Å². The fourth-order valence-corrected chi connectivity index (χ4v) is 0.954. The van der Waals surface area contributed by atoms with Gasteiger partial charge in [0.25, 0.3) is 0 Å². The summed E-state index contributed by atoms with van der Waals surface area (Å²) in [5.41, 5.74) is 0. The Balaban J connectivity index is 0. The molecule has 0 rings (SSSR count). The molecule has 0 aromatic carbocycles. The first kappa shape index (κ1) is 13.3. The fourth-order valence-electron chi connectivity index (χ4n) is 0.954. The maximum Gasteiger partial charge on any atom is 0.0831 e. The summed E-state index contributed by atoms with van der Waals surface area (Å²) in [4.78, 5) is 0. The van der Waals surface area contributed by atoms with Crippen LogP contribution in [0.2, 0.25) is 0 Å². The molecule has 0 radical (unpaired) electrons. The van der Waals surface area contributed by atoms with E-state index in [9.17, 15) is 0 Å². The van der Waals surface area contributed by atoms with Crippen LogP contribution in [-0.2, 0) is 0 Å². The van der Waals surface area contributed by atoms with Crippen molar-refractivity contribution >= 4 is 0 Å². The van der Waals surface area contributed by atoms with E-state index < -0.39 is 0 Å². The number of nitrogens with zero attached hydrogens (tertiary/aromatic N) is 1. The van der Waals surface area contributed by atoms with Gasteiger partial charge < -0.3 is 28.5 Å². The summed E-state index contributed by atoms with van der Waals surface area (Å²) in [7, 11) is 2.31. The molecule has 0 bridgehead atoms. The molecule has 0 unspecified atom stereocenters. The second kappa shape index (κ2) is 5.35. The zero-order valence-electron chi connectivity index (χ0n) is 7.82. The molecule has 0 amide bonds. The van der Waals surface area contributed by atoms with E-state index in [1.165, 1.54) is 17.6 Å². The molecule has 1 nitrogen and oxygen atoms in total. The molecule has 0 fully saturated rings. The average Bonchev–Trinajstić information content (AvgIpc) is 1.86. The van der Waals surface area contributed by atoms with E-state index in [1.54, 1.807) is 0 Å². The normalized spacial score (nSPS) is 11.4. The first-order valence-corrected chi connectivity index (χ1v) is 3.91. The van der Waals surface area contributed by atoms with Crippen molar-refractivity contribution in [1.82, 2.24) is 0 Å². The molecule has 0 aromatic heterocycles. The Morgan fingerprint density at radius 2 is 1.40 bits per heavy atom. The maximum absolute atomic E-state index is 2.31. The Labute approximate surface area is 82.4 Å². The molecule has 64 valence electrons. The monoisotopic (exact) mass is 257 g/mol. The summed E-state index contributed by atoms with van der Waals surface area (Å²) in [6.07, 6.45) is 0. The van der Waals surface area contributed by atoms with Crippen molar-refractivity contribution in [1.29, 1.82) is 0 Å². The molecule has 0 heterocycles. The molecule has 0 aromatic rings. The third kappa shape index (κ3) is 3.19. The number of rotatable bonds is 3. The predicted molar refractivity (Wildman–Crippen MR) is 42.4 cm³/mol. The summed E-state index contributed by atoms with van der Waals surface area (Å²) < 4.78 is 1.19. The third-order valence-corrected chi connectivity index (χ3v) is 2.69. The zero-order chi connectivity index (χ0) is 7.49. The van der Waals surface area contributed by atoms with Crippen LogP contribution >= 0.6 is 0 Å². The minimum atomic E-state index is 0. The minimum absolute atomic E-state index is 0. The van der Waals surface area contributed by atoms with Crippen molar-refractivity contribution < 1.29 is 28.5 Å². The zero-order valence-corrected chi connectivity index (χ0v) is 9.97. The van der Waals surface area contributed by atoms with Gasteiger partial charge in [0.2, 0.25) is 0 Å². The third-order valence-electron chi connectivity index (χ3n) is 2.69. The maximum atomic E-state index is 2.31. The average molecular weight is 257 g/mol. The van der Waals surface area contributed by atoms with E-state index in [0.717, 1.165) is 6.04 Å². The SMILES string of the molecule is CC[N+](C)(CC)C(C)C.[I-]. The highest BCUT2D eigenvalue weighted by Gasteiger charge is 2.19. The summed E-state index contributed by atoms with van der Waals surface area (Å²) in [6.45, 7) is 11.6. The standard InChI is InChI=1S/C8H20N.HI/c1-6-9(5,7-2)8(3)4;/h8H,6-7H2,1-5H3;1H/q+1;/p-1. The van der Waals surface area contributed by atoms with Gasteiger partial charge in [-0.2, -0.15) is 0 Å². The van der Waals surface area contributed by atoms with Gasteiger partial charge in [0.05, 0.1) is 26.2 Å². The lowest BCUT2D eigenvalue weighted by Crippen LogP contribution is -3.00. The molecule has 0 aliphatic rings. The number of halogens is 1. The number of hydrogen-bond donors (Lipinski definition) is 0. The molecule has 0 saturated carbocycles. The van der Waals surface area contributed by atoms with Gasteiger partial charge in [-0.1, -0.05) is 0 Å². The topological polar surface area (TPSA) is 0 Å². The van der Waals surface area contributed by atoms with Crippen LogP contribution in [0.25, 0.3) is 0 Å². The van der Waals surface area contributed by atoms with Gasteiger partial charge in [0.1, 0.15) is 0 Å². The van der Waals surface area contributed by atoms with Crippen LogP contribution in [0.15, 0.2) is 0 Å². The van der Waals surface area contributed by atoms with Crippen LogP contribution in [0, 0.1) is 0 Å². The summed E-state index contributed by atoms with van der Waals surface area (Å²) in [5.74, 6) is 0. The lowest BCUT2D eigenvalue weighted by atomic mass is 10.2. The Hall–Kier alpha value is 0.690. The van der Waals surface area contributed by atoms with Crippen LogP contribution in [0.5, 0.6) is 0 Å². The molecular formula is C8H20IN. The minimum Gasteiger partial charge on any atom is -1.00 e. The highest BCUT2D eigenvalue weighted by atomic mass is 127. The number of hydrogen-bond acceptors (Lipinski definition) is 0. The van der Waals surface area contributed by atoms with E-state index >= 15 is 0 Å². The Morgan fingerprint density at radius 3 is 1.40 bits per heavy atom. The Kier molecular flexibility index (Phi) is 7.12. The van der Waals surface area contributed by atoms with Gasteiger partial charge in [0.15, 0.2) is 0 Å². The van der Waals surface area contributed by atoms with Gasteiger partial charge in [0, 0.05) is 0 Å². The molecule has 10 heavy (non-hydrogen) atoms. The summed E-state index contributed by atoms with van der Waals surface area (Å²) >= 11 is 0. The van der Waals surface area contributed by atoms with Crippen molar-refractivity contribution in [3.05, 3.63) is 0 Å².